The Hall–Kier alpha value is -1.27. The highest BCUT2D eigenvalue weighted by Crippen LogP contribution is 2.23. The summed E-state index contributed by atoms with van der Waals surface area (Å²) in [6, 6.07) is 4.75. The first-order chi connectivity index (χ1) is 9.19. The zero-order valence-corrected chi connectivity index (χ0v) is 13.2. The van der Waals surface area contributed by atoms with Crippen LogP contribution in [0.4, 0.5) is 0 Å². The van der Waals surface area contributed by atoms with Crippen LogP contribution in [0.1, 0.15) is 24.2 Å². The summed E-state index contributed by atoms with van der Waals surface area (Å²) in [5.74, 6) is -0.104. The molecular formula is C13H18ClNO4S. The maximum atomic E-state index is 12.0. The fourth-order valence-electron chi connectivity index (χ4n) is 1.48. The van der Waals surface area contributed by atoms with Crippen LogP contribution in [0.5, 0.6) is 5.75 Å². The van der Waals surface area contributed by atoms with Crippen LogP contribution in [-0.2, 0) is 9.84 Å². The van der Waals surface area contributed by atoms with Crippen LogP contribution >= 0.6 is 11.6 Å². The molecule has 0 saturated carbocycles. The summed E-state index contributed by atoms with van der Waals surface area (Å²) in [6.45, 7) is 3.74. The van der Waals surface area contributed by atoms with Crippen molar-refractivity contribution in [3.8, 4) is 5.75 Å². The SMILES string of the molecule is CC(C)Oc1ccc(Cl)cc1C(=O)NCCS(C)(=O)=O. The average molecular weight is 320 g/mol. The molecule has 0 radical (unpaired) electrons. The molecule has 0 saturated heterocycles. The lowest BCUT2D eigenvalue weighted by Gasteiger charge is -2.14. The van der Waals surface area contributed by atoms with E-state index in [4.69, 9.17) is 16.3 Å². The van der Waals surface area contributed by atoms with Crippen LogP contribution in [0, 0.1) is 0 Å². The smallest absolute Gasteiger partial charge is 0.255 e. The molecule has 1 rings (SSSR count). The summed E-state index contributed by atoms with van der Waals surface area (Å²) < 4.78 is 27.6. The highest BCUT2D eigenvalue weighted by Gasteiger charge is 2.14. The number of halogens is 1. The second-order valence-electron chi connectivity index (χ2n) is 4.69. The van der Waals surface area contributed by atoms with Crippen LogP contribution in [0.15, 0.2) is 18.2 Å². The van der Waals surface area contributed by atoms with Gasteiger partial charge in [-0.25, -0.2) is 8.42 Å². The minimum absolute atomic E-state index is 0.0469. The molecule has 1 aromatic rings. The lowest BCUT2D eigenvalue weighted by molar-refractivity contribution is 0.0950. The molecule has 0 bridgehead atoms. The van der Waals surface area contributed by atoms with Gasteiger partial charge in [0.25, 0.3) is 5.91 Å². The topological polar surface area (TPSA) is 72.5 Å². The minimum Gasteiger partial charge on any atom is -0.490 e. The van der Waals surface area contributed by atoms with Crippen LogP contribution < -0.4 is 10.1 Å². The van der Waals surface area contributed by atoms with E-state index in [0.29, 0.717) is 16.3 Å². The average Bonchev–Trinajstić information content (AvgIpc) is 2.29. The number of rotatable bonds is 6. The Labute approximate surface area is 124 Å². The van der Waals surface area contributed by atoms with E-state index in [2.05, 4.69) is 5.32 Å². The Morgan fingerprint density at radius 2 is 2.05 bits per heavy atom. The Morgan fingerprint density at radius 3 is 2.60 bits per heavy atom. The van der Waals surface area contributed by atoms with Gasteiger partial charge < -0.3 is 10.1 Å². The van der Waals surface area contributed by atoms with E-state index in [1.165, 1.54) is 6.07 Å². The van der Waals surface area contributed by atoms with Gasteiger partial charge in [-0.1, -0.05) is 11.6 Å². The van der Waals surface area contributed by atoms with Crippen LogP contribution in [0.25, 0.3) is 0 Å². The van der Waals surface area contributed by atoms with Gasteiger partial charge in [-0.15, -0.1) is 0 Å². The van der Waals surface area contributed by atoms with Crippen LogP contribution in [-0.4, -0.2) is 39.0 Å². The van der Waals surface area contributed by atoms with E-state index >= 15 is 0 Å². The number of sulfone groups is 1. The van der Waals surface area contributed by atoms with Crippen molar-refractivity contribution in [2.24, 2.45) is 0 Å². The number of amides is 1. The third-order valence-corrected chi connectivity index (χ3v) is 3.49. The molecular weight excluding hydrogens is 302 g/mol. The van der Waals surface area contributed by atoms with Gasteiger partial charge in [0.05, 0.1) is 17.4 Å². The molecule has 1 aromatic carbocycles. The molecule has 0 unspecified atom stereocenters. The second-order valence-corrected chi connectivity index (χ2v) is 7.39. The molecule has 7 heteroatoms. The van der Waals surface area contributed by atoms with Gasteiger partial charge in [-0.2, -0.15) is 0 Å². The molecule has 0 aromatic heterocycles. The number of carbonyl (C=O) groups excluding carboxylic acids is 1. The van der Waals surface area contributed by atoms with Gasteiger partial charge in [0.15, 0.2) is 0 Å². The first-order valence-electron chi connectivity index (χ1n) is 6.11. The second kappa shape index (κ2) is 6.95. The quantitative estimate of drug-likeness (QED) is 0.869. The summed E-state index contributed by atoms with van der Waals surface area (Å²) in [7, 11) is -3.11. The summed E-state index contributed by atoms with van der Waals surface area (Å²) in [5.41, 5.74) is 0.291. The van der Waals surface area contributed by atoms with Crippen molar-refractivity contribution in [2.75, 3.05) is 18.6 Å². The fraction of sp³-hybridized carbons (Fsp3) is 0.462. The number of hydrogen-bond donors (Lipinski definition) is 1. The summed E-state index contributed by atoms with van der Waals surface area (Å²) in [4.78, 5) is 12.0. The van der Waals surface area contributed by atoms with Gasteiger partial charge in [0.1, 0.15) is 15.6 Å². The van der Waals surface area contributed by atoms with E-state index in [-0.39, 0.29) is 18.4 Å². The third-order valence-electron chi connectivity index (χ3n) is 2.31. The first-order valence-corrected chi connectivity index (χ1v) is 8.55. The molecule has 20 heavy (non-hydrogen) atoms. The highest BCUT2D eigenvalue weighted by molar-refractivity contribution is 7.90. The van der Waals surface area contributed by atoms with E-state index in [1.807, 2.05) is 13.8 Å². The standard InChI is InChI=1S/C13H18ClNO4S/c1-9(2)19-12-5-4-10(14)8-11(12)13(16)15-6-7-20(3,17)18/h4-5,8-9H,6-7H2,1-3H3,(H,15,16). The third kappa shape index (κ3) is 5.79. The molecule has 1 N–H and O–H groups in total. The van der Waals surface area contributed by atoms with Crippen molar-refractivity contribution in [3.63, 3.8) is 0 Å². The number of benzene rings is 1. The largest absolute Gasteiger partial charge is 0.490 e. The van der Waals surface area contributed by atoms with Gasteiger partial charge >= 0.3 is 0 Å². The summed E-state index contributed by atoms with van der Waals surface area (Å²) in [5, 5.41) is 2.95. The van der Waals surface area contributed by atoms with Crippen molar-refractivity contribution in [3.05, 3.63) is 28.8 Å². The van der Waals surface area contributed by atoms with Gasteiger partial charge in [0.2, 0.25) is 0 Å². The lowest BCUT2D eigenvalue weighted by atomic mass is 10.2. The molecule has 0 aliphatic carbocycles. The molecule has 0 atom stereocenters. The summed E-state index contributed by atoms with van der Waals surface area (Å²) in [6.07, 6.45) is 1.03. The van der Waals surface area contributed by atoms with Crippen molar-refractivity contribution in [2.45, 2.75) is 20.0 Å². The lowest BCUT2D eigenvalue weighted by Crippen LogP contribution is -2.29. The monoisotopic (exact) mass is 319 g/mol. The Kier molecular flexibility index (Phi) is 5.83. The molecule has 0 fully saturated rings. The molecule has 0 aliphatic heterocycles. The number of ether oxygens (including phenoxy) is 1. The van der Waals surface area contributed by atoms with E-state index in [9.17, 15) is 13.2 Å². The Morgan fingerprint density at radius 1 is 1.40 bits per heavy atom. The molecule has 112 valence electrons. The molecule has 1 amide bonds. The highest BCUT2D eigenvalue weighted by atomic mass is 35.5. The zero-order chi connectivity index (χ0) is 15.3. The van der Waals surface area contributed by atoms with E-state index in [0.717, 1.165) is 6.26 Å². The molecule has 0 heterocycles. The van der Waals surface area contributed by atoms with Gasteiger partial charge in [-0.3, -0.25) is 4.79 Å². The molecule has 0 aliphatic rings. The van der Waals surface area contributed by atoms with Crippen molar-refractivity contribution in [1.29, 1.82) is 0 Å². The Bertz CT molecular complexity index is 584. The van der Waals surface area contributed by atoms with Gasteiger partial charge in [0, 0.05) is 17.8 Å². The first kappa shape index (κ1) is 16.8. The van der Waals surface area contributed by atoms with E-state index < -0.39 is 15.7 Å². The van der Waals surface area contributed by atoms with Crippen LogP contribution in [0.2, 0.25) is 5.02 Å². The molecule has 5 nitrogen and oxygen atoms in total. The zero-order valence-electron chi connectivity index (χ0n) is 11.6. The maximum absolute atomic E-state index is 12.0. The van der Waals surface area contributed by atoms with E-state index in [1.54, 1.807) is 12.1 Å². The predicted molar refractivity (Wildman–Crippen MR) is 79.3 cm³/mol. The van der Waals surface area contributed by atoms with Crippen molar-refractivity contribution < 1.29 is 17.9 Å². The fourth-order valence-corrected chi connectivity index (χ4v) is 2.13. The van der Waals surface area contributed by atoms with Gasteiger partial charge in [-0.05, 0) is 32.0 Å². The number of carbonyl (C=O) groups is 1. The minimum atomic E-state index is -3.11. The summed E-state index contributed by atoms with van der Waals surface area (Å²) >= 11 is 5.87. The normalized spacial score (nSPS) is 11.4. The Balaban J connectivity index is 2.82. The predicted octanol–water partition coefficient (Wildman–Crippen LogP) is 1.90. The number of hydrogen-bond acceptors (Lipinski definition) is 4. The van der Waals surface area contributed by atoms with Crippen molar-refractivity contribution in [1.82, 2.24) is 5.32 Å². The molecule has 0 spiro atoms. The van der Waals surface area contributed by atoms with Crippen molar-refractivity contribution >= 4 is 27.3 Å². The van der Waals surface area contributed by atoms with Crippen LogP contribution in [0.3, 0.4) is 0 Å². The maximum Gasteiger partial charge on any atom is 0.255 e. The number of nitrogens with one attached hydrogen (secondary N) is 1.